The summed E-state index contributed by atoms with van der Waals surface area (Å²) >= 11 is 0. The number of carbonyl (C=O) groups excluding carboxylic acids is 3. The second-order valence-electron chi connectivity index (χ2n) is 13.5. The van der Waals surface area contributed by atoms with E-state index in [1.807, 2.05) is 32.0 Å². The van der Waals surface area contributed by atoms with Gasteiger partial charge >= 0.3 is 0 Å². The van der Waals surface area contributed by atoms with E-state index in [4.69, 9.17) is 4.52 Å². The standard InChI is InChI=1S/C39H40N6O4/c1-24-6-7-27(36-25(2)43-49-26(36)3)21-34(24)44(31-11-8-29(9-12-31)39(23-40)16-17-39)19-5-4-18-41-30-10-13-32-28(20-30)22-45(38(32)48)33-14-15-35(46)42-37(33)47/h6-13,20-21,33,41H,4-5,14-19,22H2,1-3H3,(H,42,46,47). The number of carbonyl (C=O) groups is 3. The van der Waals surface area contributed by atoms with Crippen LogP contribution in [0.5, 0.6) is 0 Å². The van der Waals surface area contributed by atoms with Crippen molar-refractivity contribution in [2.45, 2.75) is 77.3 Å². The quantitative estimate of drug-likeness (QED) is 0.136. The predicted octanol–water partition coefficient (Wildman–Crippen LogP) is 6.61. The highest BCUT2D eigenvalue weighted by Crippen LogP contribution is 2.48. The van der Waals surface area contributed by atoms with Gasteiger partial charge in [-0.25, -0.2) is 0 Å². The van der Waals surface area contributed by atoms with Crippen molar-refractivity contribution < 1.29 is 18.9 Å². The van der Waals surface area contributed by atoms with Gasteiger partial charge in [-0.1, -0.05) is 29.4 Å². The highest BCUT2D eigenvalue weighted by molar-refractivity contribution is 6.05. The average molecular weight is 657 g/mol. The van der Waals surface area contributed by atoms with E-state index in [9.17, 15) is 19.6 Å². The maximum absolute atomic E-state index is 13.1. The van der Waals surface area contributed by atoms with Gasteiger partial charge in [-0.2, -0.15) is 5.26 Å². The van der Waals surface area contributed by atoms with Gasteiger partial charge in [0.15, 0.2) is 0 Å². The normalized spacial score (nSPS) is 17.8. The molecule has 3 aromatic carbocycles. The Morgan fingerprint density at radius 1 is 1.04 bits per heavy atom. The Bertz CT molecular complexity index is 1970. The fraction of sp³-hybridized carbons (Fsp3) is 0.359. The summed E-state index contributed by atoms with van der Waals surface area (Å²) in [5.74, 6) is -0.0704. The lowest BCUT2D eigenvalue weighted by Gasteiger charge is -2.29. The van der Waals surface area contributed by atoms with Crippen molar-refractivity contribution in [3.8, 4) is 17.2 Å². The Hall–Kier alpha value is -5.43. The summed E-state index contributed by atoms with van der Waals surface area (Å²) in [6.07, 6.45) is 4.24. The summed E-state index contributed by atoms with van der Waals surface area (Å²) in [6.45, 7) is 7.92. The Morgan fingerprint density at radius 3 is 2.53 bits per heavy atom. The number of nitrogens with one attached hydrogen (secondary N) is 2. The summed E-state index contributed by atoms with van der Waals surface area (Å²) in [4.78, 5) is 41.0. The minimum atomic E-state index is -0.622. The van der Waals surface area contributed by atoms with Crippen LogP contribution >= 0.6 is 0 Å². The lowest BCUT2D eigenvalue weighted by atomic mass is 9.97. The topological polar surface area (TPSA) is 132 Å². The molecule has 0 radical (unpaired) electrons. The van der Waals surface area contributed by atoms with Crippen LogP contribution in [0.3, 0.4) is 0 Å². The third-order valence-electron chi connectivity index (χ3n) is 10.2. The first-order valence-corrected chi connectivity index (χ1v) is 17.0. The average Bonchev–Trinajstić information content (AvgIpc) is 3.74. The summed E-state index contributed by atoms with van der Waals surface area (Å²) in [5, 5.41) is 19.8. The van der Waals surface area contributed by atoms with Crippen LogP contribution in [0.4, 0.5) is 17.1 Å². The molecular weight excluding hydrogens is 616 g/mol. The van der Waals surface area contributed by atoms with E-state index < -0.39 is 11.9 Å². The van der Waals surface area contributed by atoms with Gasteiger partial charge in [-0.05, 0) is 112 Å². The zero-order valence-corrected chi connectivity index (χ0v) is 28.1. The Kier molecular flexibility index (Phi) is 8.45. The van der Waals surface area contributed by atoms with Crippen LogP contribution in [-0.4, -0.2) is 46.9 Å². The molecule has 1 saturated heterocycles. The lowest BCUT2D eigenvalue weighted by Crippen LogP contribution is -2.52. The first-order chi connectivity index (χ1) is 23.7. The molecule has 10 nitrogen and oxygen atoms in total. The molecule has 1 unspecified atom stereocenters. The molecule has 1 saturated carbocycles. The Morgan fingerprint density at radius 2 is 1.84 bits per heavy atom. The van der Waals surface area contributed by atoms with Gasteiger partial charge in [0.05, 0.1) is 17.2 Å². The third kappa shape index (κ3) is 6.17. The molecule has 3 aliphatic rings. The van der Waals surface area contributed by atoms with Gasteiger partial charge in [0.1, 0.15) is 11.8 Å². The molecule has 3 amide bonds. The zero-order valence-electron chi connectivity index (χ0n) is 28.1. The number of hydrogen-bond acceptors (Lipinski definition) is 8. The second-order valence-corrected chi connectivity index (χ2v) is 13.5. The van der Waals surface area contributed by atoms with Crippen molar-refractivity contribution in [2.75, 3.05) is 23.3 Å². The van der Waals surface area contributed by atoms with Gasteiger partial charge in [0.2, 0.25) is 11.8 Å². The number of nitrogens with zero attached hydrogens (tertiary/aromatic N) is 4. The number of piperidine rings is 1. The van der Waals surface area contributed by atoms with Crippen molar-refractivity contribution in [1.82, 2.24) is 15.4 Å². The molecular formula is C39H40N6O4. The molecule has 2 fully saturated rings. The fourth-order valence-corrected chi connectivity index (χ4v) is 7.20. The Labute approximate surface area is 286 Å². The molecule has 0 spiro atoms. The number of aryl methyl sites for hydroxylation is 3. The van der Waals surface area contributed by atoms with Gasteiger partial charge in [0.25, 0.3) is 5.91 Å². The maximum atomic E-state index is 13.1. The largest absolute Gasteiger partial charge is 0.385 e. The number of fused-ring (bicyclic) bond motifs is 1. The minimum absolute atomic E-state index is 0.169. The van der Waals surface area contributed by atoms with Crippen LogP contribution in [0, 0.1) is 32.1 Å². The fourth-order valence-electron chi connectivity index (χ4n) is 7.20. The minimum Gasteiger partial charge on any atom is -0.385 e. The molecule has 10 heteroatoms. The number of hydrogen-bond donors (Lipinski definition) is 2. The highest BCUT2D eigenvalue weighted by atomic mass is 16.5. The number of unbranched alkanes of at least 4 members (excludes halogenated alkanes) is 1. The number of benzene rings is 3. The SMILES string of the molecule is Cc1ccc(-c2c(C)noc2C)cc1N(CCCCNc1ccc2c(c1)CN(C1CCC(=O)NC1=O)C2=O)c1ccc(C2(C#N)CC2)cc1. The van der Waals surface area contributed by atoms with Gasteiger partial charge in [0, 0.05) is 54.2 Å². The molecule has 1 atom stereocenters. The molecule has 2 N–H and O–H groups in total. The highest BCUT2D eigenvalue weighted by Gasteiger charge is 2.44. The van der Waals surface area contributed by atoms with Gasteiger partial charge in [-0.15, -0.1) is 0 Å². The van der Waals surface area contributed by atoms with E-state index in [2.05, 4.69) is 76.1 Å². The third-order valence-corrected chi connectivity index (χ3v) is 10.2. The van der Waals surface area contributed by atoms with Crippen LogP contribution in [0.2, 0.25) is 0 Å². The van der Waals surface area contributed by atoms with E-state index >= 15 is 0 Å². The molecule has 1 aromatic heterocycles. The van der Waals surface area contributed by atoms with E-state index in [1.54, 1.807) is 4.90 Å². The number of anilines is 3. The number of rotatable bonds is 11. The number of aromatic nitrogens is 1. The van der Waals surface area contributed by atoms with Crippen molar-refractivity contribution in [3.63, 3.8) is 0 Å². The van der Waals surface area contributed by atoms with Crippen molar-refractivity contribution in [1.29, 1.82) is 5.26 Å². The van der Waals surface area contributed by atoms with Gasteiger partial charge < -0.3 is 19.6 Å². The zero-order chi connectivity index (χ0) is 34.3. The van der Waals surface area contributed by atoms with Crippen molar-refractivity contribution in [3.05, 3.63) is 94.4 Å². The summed E-state index contributed by atoms with van der Waals surface area (Å²) in [5.41, 5.74) is 9.46. The smallest absolute Gasteiger partial charge is 0.255 e. The molecule has 1 aliphatic carbocycles. The number of nitriles is 1. The molecule has 4 aromatic rings. The first kappa shape index (κ1) is 32.1. The predicted molar refractivity (Wildman–Crippen MR) is 186 cm³/mol. The van der Waals surface area contributed by atoms with Crippen molar-refractivity contribution >= 4 is 34.8 Å². The molecule has 7 rings (SSSR count). The van der Waals surface area contributed by atoms with Crippen molar-refractivity contribution in [2.24, 2.45) is 0 Å². The van der Waals surface area contributed by atoms with Crippen LogP contribution in [0.15, 0.2) is 65.2 Å². The van der Waals surface area contributed by atoms with Crippen LogP contribution in [0.25, 0.3) is 11.1 Å². The maximum Gasteiger partial charge on any atom is 0.255 e. The number of amides is 3. The molecule has 3 heterocycles. The van der Waals surface area contributed by atoms with Gasteiger partial charge in [-0.3, -0.25) is 19.7 Å². The van der Waals surface area contributed by atoms with Crippen LogP contribution in [0.1, 0.15) is 77.0 Å². The van der Waals surface area contributed by atoms with E-state index in [1.165, 1.54) is 0 Å². The van der Waals surface area contributed by atoms with Crippen LogP contribution < -0.4 is 15.5 Å². The first-order valence-electron chi connectivity index (χ1n) is 17.0. The lowest BCUT2D eigenvalue weighted by molar-refractivity contribution is -0.136. The second kappa shape index (κ2) is 12.9. The summed E-state index contributed by atoms with van der Waals surface area (Å²) < 4.78 is 5.48. The molecule has 49 heavy (non-hydrogen) atoms. The summed E-state index contributed by atoms with van der Waals surface area (Å²) in [7, 11) is 0. The summed E-state index contributed by atoms with van der Waals surface area (Å²) in [6, 6.07) is 22.6. The van der Waals surface area contributed by atoms with Crippen LogP contribution in [-0.2, 0) is 21.5 Å². The van der Waals surface area contributed by atoms with E-state index in [0.29, 0.717) is 18.5 Å². The number of imide groups is 1. The van der Waals surface area contributed by atoms with E-state index in [-0.39, 0.29) is 23.7 Å². The molecule has 2 aliphatic heterocycles. The Balaban J connectivity index is 1.04. The van der Waals surface area contributed by atoms with E-state index in [0.717, 1.165) is 95.1 Å². The monoisotopic (exact) mass is 656 g/mol. The molecule has 0 bridgehead atoms. The molecule has 250 valence electrons.